The Morgan fingerprint density at radius 3 is 1.27 bits per heavy atom. The van der Waals surface area contributed by atoms with Crippen molar-refractivity contribution < 1.29 is 53.6 Å². The van der Waals surface area contributed by atoms with Crippen LogP contribution in [0.4, 0.5) is 0 Å². The Kier molecular flexibility index (Phi) is 29.1. The molecule has 1 heterocycles. The van der Waals surface area contributed by atoms with Gasteiger partial charge in [-0.1, -0.05) is 55.4 Å². The maximum Gasteiger partial charge on any atom is 0.313 e. The quantitative estimate of drug-likeness (QED) is 0.0805. The van der Waals surface area contributed by atoms with Crippen molar-refractivity contribution in [2.24, 2.45) is 58.8 Å². The molecular weight excluding hydrogens is 636 g/mol. The van der Waals surface area contributed by atoms with Gasteiger partial charge in [-0.15, -0.1) is 0 Å². The average molecular weight is 703 g/mol. The maximum atomic E-state index is 10.8. The summed E-state index contributed by atoms with van der Waals surface area (Å²) < 4.78 is 4.42. The van der Waals surface area contributed by atoms with Crippen LogP contribution in [0, 0.1) is 47.3 Å². The summed E-state index contributed by atoms with van der Waals surface area (Å²) in [5, 5.41) is 25.6. The number of nitrogens with two attached hydrogens (primary N) is 2. The Labute approximate surface area is 293 Å². The Morgan fingerprint density at radius 1 is 0.633 bits per heavy atom. The molecular formula is C36H66N2O11. The highest BCUT2D eigenvalue weighted by atomic mass is 16.6. The number of primary amides is 1. The zero-order valence-electron chi connectivity index (χ0n) is 31.4. The summed E-state index contributed by atoms with van der Waals surface area (Å²) in [5.41, 5.74) is 10.4. The summed E-state index contributed by atoms with van der Waals surface area (Å²) in [4.78, 5) is 74.2. The van der Waals surface area contributed by atoms with Gasteiger partial charge < -0.3 is 36.3 Å². The van der Waals surface area contributed by atoms with E-state index in [1.165, 1.54) is 6.92 Å². The normalized spacial score (nSPS) is 14.7. The lowest BCUT2D eigenvalue weighted by Gasteiger charge is -2.20. The van der Waals surface area contributed by atoms with Gasteiger partial charge in [0.15, 0.2) is 0 Å². The first-order valence-electron chi connectivity index (χ1n) is 17.3. The lowest BCUT2D eigenvalue weighted by molar-refractivity contribution is -0.165. The molecule has 1 aliphatic heterocycles. The summed E-state index contributed by atoms with van der Waals surface area (Å²) in [5.74, 6) is -1.35. The molecule has 1 amide bonds. The first-order chi connectivity index (χ1) is 22.5. The Hall–Kier alpha value is -3.35. The number of amides is 1. The first-order valence-corrected chi connectivity index (χ1v) is 17.3. The van der Waals surface area contributed by atoms with Gasteiger partial charge in [0.1, 0.15) is 5.78 Å². The van der Waals surface area contributed by atoms with E-state index in [1.807, 2.05) is 27.7 Å². The molecule has 0 aliphatic carbocycles. The van der Waals surface area contributed by atoms with Crippen molar-refractivity contribution in [3.05, 3.63) is 0 Å². The molecule has 13 heteroatoms. The molecule has 1 rings (SSSR count). The van der Waals surface area contributed by atoms with Crippen LogP contribution in [0.1, 0.15) is 133 Å². The first kappa shape index (κ1) is 50.0. The van der Waals surface area contributed by atoms with Gasteiger partial charge in [0.25, 0.3) is 0 Å². The van der Waals surface area contributed by atoms with Crippen molar-refractivity contribution in [2.75, 3.05) is 6.54 Å². The molecule has 7 N–H and O–H groups in total. The topological polar surface area (TPSA) is 241 Å². The Bertz CT molecular complexity index is 919. The third kappa shape index (κ3) is 37.3. The van der Waals surface area contributed by atoms with Gasteiger partial charge in [-0.3, -0.25) is 28.8 Å². The molecule has 0 spiro atoms. The Balaban J connectivity index is -0.000000577. The van der Waals surface area contributed by atoms with Gasteiger partial charge >= 0.3 is 29.8 Å². The molecule has 13 nitrogen and oxygen atoms in total. The average Bonchev–Trinajstić information content (AvgIpc) is 2.85. The predicted octanol–water partition coefficient (Wildman–Crippen LogP) is 5.70. The number of hydrogen-bond donors (Lipinski definition) is 5. The zero-order valence-corrected chi connectivity index (χ0v) is 31.4. The van der Waals surface area contributed by atoms with E-state index in [0.29, 0.717) is 49.5 Å². The molecule has 0 unspecified atom stereocenters. The number of Topliss-reactive ketones (excluding diaryl/α,β-unsaturated/α-hetero) is 1. The summed E-state index contributed by atoms with van der Waals surface area (Å²) >= 11 is 0. The monoisotopic (exact) mass is 702 g/mol. The molecule has 0 aromatic rings. The molecule has 0 bridgehead atoms. The third-order valence-corrected chi connectivity index (χ3v) is 7.15. The lowest BCUT2D eigenvalue weighted by atomic mass is 9.90. The minimum atomic E-state index is -0.869. The van der Waals surface area contributed by atoms with Crippen molar-refractivity contribution >= 4 is 41.5 Å². The van der Waals surface area contributed by atoms with Crippen LogP contribution in [0.3, 0.4) is 0 Å². The van der Waals surface area contributed by atoms with Gasteiger partial charge in [0.2, 0.25) is 5.91 Å². The number of ketones is 1. The van der Waals surface area contributed by atoms with Crippen LogP contribution in [-0.2, 0) is 38.3 Å². The standard InChI is InChI=1S/C10H18O3.C9H17NO3.C9H14O3.C8H17NO2/c1-7(2)4-9(5-8(3)11)6-10(12)13;1-6(2)3-7(4-8(10)11)5-9(12)13;1-6(2)3-7-4-8(10)12-9(11)5-7;1-6(2)3-7(5-9)4-8(10)11/h7,9H,4-6H2,1-3H3,(H,12,13);6-7H,3-5H2,1-2H3,(H2,10,11)(H,12,13);6-7H,3-5H2,1-2H3;6-7H,3-5,9H2,1-2H3,(H,10,11)/t9-;7-;;7-/m11.0/s1. The molecule has 0 aromatic heterocycles. The molecule has 3 atom stereocenters. The molecule has 49 heavy (non-hydrogen) atoms. The predicted molar refractivity (Wildman–Crippen MR) is 187 cm³/mol. The minimum absolute atomic E-state index is 0.00926. The third-order valence-electron chi connectivity index (χ3n) is 7.15. The fourth-order valence-corrected chi connectivity index (χ4v) is 5.76. The highest BCUT2D eigenvalue weighted by Crippen LogP contribution is 2.24. The number of carbonyl (C=O) groups is 7. The maximum absolute atomic E-state index is 10.8. The van der Waals surface area contributed by atoms with Crippen LogP contribution < -0.4 is 11.5 Å². The van der Waals surface area contributed by atoms with Crippen LogP contribution in [0.25, 0.3) is 0 Å². The number of carbonyl (C=O) groups excluding carboxylic acids is 4. The number of hydrogen-bond acceptors (Lipinski definition) is 9. The Morgan fingerprint density at radius 2 is 0.980 bits per heavy atom. The van der Waals surface area contributed by atoms with Crippen molar-refractivity contribution in [2.45, 2.75) is 133 Å². The molecule has 0 aromatic carbocycles. The molecule has 1 aliphatic rings. The number of esters is 2. The lowest BCUT2D eigenvalue weighted by Crippen LogP contribution is -2.26. The van der Waals surface area contributed by atoms with Crippen LogP contribution in [0.2, 0.25) is 0 Å². The second kappa shape index (κ2) is 28.5. The van der Waals surface area contributed by atoms with Gasteiger partial charge in [-0.2, -0.15) is 0 Å². The van der Waals surface area contributed by atoms with E-state index in [4.69, 9.17) is 26.8 Å². The molecule has 0 radical (unpaired) electrons. The molecule has 286 valence electrons. The van der Waals surface area contributed by atoms with Gasteiger partial charge in [-0.05, 0) is 86.5 Å². The number of aliphatic carboxylic acids is 3. The van der Waals surface area contributed by atoms with E-state index < -0.39 is 23.8 Å². The van der Waals surface area contributed by atoms with Crippen LogP contribution in [0.15, 0.2) is 0 Å². The summed E-state index contributed by atoms with van der Waals surface area (Å²) in [6.45, 7) is 18.4. The van der Waals surface area contributed by atoms with E-state index in [1.54, 1.807) is 0 Å². The molecule has 0 saturated carbocycles. The van der Waals surface area contributed by atoms with E-state index >= 15 is 0 Å². The number of carboxylic acids is 3. The second-order valence-corrected chi connectivity index (χ2v) is 14.8. The second-order valence-electron chi connectivity index (χ2n) is 14.8. The van der Waals surface area contributed by atoms with Gasteiger partial charge in [0.05, 0.1) is 0 Å². The van der Waals surface area contributed by atoms with Crippen molar-refractivity contribution in [1.82, 2.24) is 0 Å². The zero-order chi connectivity index (χ0) is 38.9. The molecule has 1 saturated heterocycles. The van der Waals surface area contributed by atoms with E-state index in [0.717, 1.165) is 25.7 Å². The number of rotatable bonds is 19. The minimum Gasteiger partial charge on any atom is -0.481 e. The fraction of sp³-hybridized carbons (Fsp3) is 0.806. The van der Waals surface area contributed by atoms with E-state index in [-0.39, 0.29) is 67.1 Å². The summed E-state index contributed by atoms with van der Waals surface area (Å²) in [7, 11) is 0. The van der Waals surface area contributed by atoms with Gasteiger partial charge in [-0.25, -0.2) is 0 Å². The SMILES string of the molecule is CC(=O)C[C@H](CC(=O)O)CC(C)C.CC(C)CC1CC(=O)OC(=O)C1.CC(C)C[C@H](CC(N)=O)CC(=O)O.CC(C)C[C@H](CN)CC(=O)O. The van der Waals surface area contributed by atoms with E-state index in [2.05, 4.69) is 32.4 Å². The molecule has 1 fully saturated rings. The van der Waals surface area contributed by atoms with Crippen LogP contribution in [-0.4, -0.2) is 63.4 Å². The smallest absolute Gasteiger partial charge is 0.313 e. The van der Waals surface area contributed by atoms with Crippen LogP contribution >= 0.6 is 0 Å². The highest BCUT2D eigenvalue weighted by Gasteiger charge is 2.27. The number of cyclic esters (lactones) is 2. The summed E-state index contributed by atoms with van der Waals surface area (Å²) in [6.07, 6.45) is 5.10. The van der Waals surface area contributed by atoms with Crippen LogP contribution in [0.5, 0.6) is 0 Å². The van der Waals surface area contributed by atoms with Gasteiger partial charge in [0, 0.05) is 44.9 Å². The van der Waals surface area contributed by atoms with E-state index in [9.17, 15) is 33.6 Å². The summed E-state index contributed by atoms with van der Waals surface area (Å²) in [6, 6.07) is 0. The number of carboxylic acid groups (broad SMARTS) is 3. The van der Waals surface area contributed by atoms with Crippen molar-refractivity contribution in [1.29, 1.82) is 0 Å². The highest BCUT2D eigenvalue weighted by molar-refractivity contribution is 5.88. The van der Waals surface area contributed by atoms with Crippen molar-refractivity contribution in [3.63, 3.8) is 0 Å². The fourth-order valence-electron chi connectivity index (χ4n) is 5.76. The largest absolute Gasteiger partial charge is 0.481 e. The van der Waals surface area contributed by atoms with Crippen molar-refractivity contribution in [3.8, 4) is 0 Å². The number of ether oxygens (including phenoxy) is 1.